The van der Waals surface area contributed by atoms with E-state index >= 15 is 0 Å². The highest BCUT2D eigenvalue weighted by atomic mass is 35.5. The van der Waals surface area contributed by atoms with Crippen LogP contribution in [-0.2, 0) is 0 Å². The molecule has 0 aliphatic heterocycles. The Morgan fingerprint density at radius 3 is 3.00 bits per heavy atom. The van der Waals surface area contributed by atoms with Crippen molar-refractivity contribution in [1.82, 2.24) is 20.2 Å². The second kappa shape index (κ2) is 3.57. The van der Waals surface area contributed by atoms with Crippen molar-refractivity contribution in [3.63, 3.8) is 0 Å². The lowest BCUT2D eigenvalue weighted by Crippen LogP contribution is -1.86. The van der Waals surface area contributed by atoms with Crippen molar-refractivity contribution in [2.75, 3.05) is 0 Å². The van der Waals surface area contributed by atoms with Crippen LogP contribution < -0.4 is 0 Å². The van der Waals surface area contributed by atoms with Crippen LogP contribution in [0.15, 0.2) is 36.7 Å². The van der Waals surface area contributed by atoms with E-state index in [1.165, 1.54) is 0 Å². The third-order valence-corrected chi connectivity index (χ3v) is 2.51. The number of hydrogen-bond donors (Lipinski definition) is 1. The fourth-order valence-electron chi connectivity index (χ4n) is 1.52. The number of aromatic nitrogens is 4. The van der Waals surface area contributed by atoms with Crippen LogP contribution in [0, 0.1) is 0 Å². The lowest BCUT2D eigenvalue weighted by molar-refractivity contribution is 1.10. The van der Waals surface area contributed by atoms with Gasteiger partial charge in [0.05, 0.1) is 18.1 Å². The smallest absolute Gasteiger partial charge is 0.174 e. The van der Waals surface area contributed by atoms with Gasteiger partial charge in [-0.2, -0.15) is 5.10 Å². The summed E-state index contributed by atoms with van der Waals surface area (Å²) >= 11 is 5.93. The molecule has 3 aromatic rings. The molecule has 78 valence electrons. The first kappa shape index (κ1) is 9.30. The van der Waals surface area contributed by atoms with Gasteiger partial charge >= 0.3 is 0 Å². The van der Waals surface area contributed by atoms with E-state index in [4.69, 9.17) is 11.6 Å². The predicted octanol–water partition coefficient (Wildman–Crippen LogP) is 2.67. The molecule has 5 heteroatoms. The summed E-state index contributed by atoms with van der Waals surface area (Å²) in [5.41, 5.74) is 3.17. The summed E-state index contributed by atoms with van der Waals surface area (Å²) in [5, 5.41) is 7.32. The Hall–Kier alpha value is -1.94. The van der Waals surface area contributed by atoms with Gasteiger partial charge in [-0.15, -0.1) is 0 Å². The molecule has 0 bridgehead atoms. The third kappa shape index (κ3) is 1.53. The van der Waals surface area contributed by atoms with E-state index in [1.54, 1.807) is 12.4 Å². The Morgan fingerprint density at radius 1 is 1.19 bits per heavy atom. The Labute approximate surface area is 96.3 Å². The molecule has 0 atom stereocenters. The van der Waals surface area contributed by atoms with Crippen molar-refractivity contribution in [2.45, 2.75) is 0 Å². The summed E-state index contributed by atoms with van der Waals surface area (Å²) in [4.78, 5) is 8.66. The van der Waals surface area contributed by atoms with Crippen LogP contribution in [0.3, 0.4) is 0 Å². The zero-order chi connectivity index (χ0) is 11.0. The second-order valence-electron chi connectivity index (χ2n) is 3.37. The summed E-state index contributed by atoms with van der Waals surface area (Å²) in [6.07, 6.45) is 3.35. The summed E-state index contributed by atoms with van der Waals surface area (Å²) in [6.45, 7) is 0. The maximum atomic E-state index is 5.93. The largest absolute Gasteiger partial charge is 0.259 e. The standard InChI is InChI=1S/C11H7ClN4/c12-8-3-1-2-7(4-8)9-5-13-11-10(15-9)6-14-16-11/h1-6H,(H,13,14,16). The minimum atomic E-state index is 0.686. The van der Waals surface area contributed by atoms with Gasteiger partial charge in [-0.25, -0.2) is 9.97 Å². The van der Waals surface area contributed by atoms with Crippen molar-refractivity contribution >= 4 is 22.8 Å². The normalized spacial score (nSPS) is 10.8. The van der Waals surface area contributed by atoms with Gasteiger partial charge in [-0.05, 0) is 12.1 Å². The molecule has 0 unspecified atom stereocenters. The Bertz CT molecular complexity index is 647. The van der Waals surface area contributed by atoms with Crippen LogP contribution in [0.1, 0.15) is 0 Å². The van der Waals surface area contributed by atoms with Crippen LogP contribution in [0.25, 0.3) is 22.4 Å². The Morgan fingerprint density at radius 2 is 2.12 bits per heavy atom. The third-order valence-electron chi connectivity index (χ3n) is 2.28. The molecule has 0 fully saturated rings. The first-order chi connectivity index (χ1) is 7.83. The van der Waals surface area contributed by atoms with E-state index < -0.39 is 0 Å². The molecule has 0 radical (unpaired) electrons. The quantitative estimate of drug-likeness (QED) is 0.699. The zero-order valence-electron chi connectivity index (χ0n) is 8.18. The van der Waals surface area contributed by atoms with Crippen molar-refractivity contribution < 1.29 is 0 Å². The number of nitrogens with zero attached hydrogens (tertiary/aromatic N) is 3. The highest BCUT2D eigenvalue weighted by Crippen LogP contribution is 2.21. The van der Waals surface area contributed by atoms with Gasteiger partial charge in [-0.1, -0.05) is 23.7 Å². The minimum absolute atomic E-state index is 0.686. The fraction of sp³-hybridized carbons (Fsp3) is 0. The SMILES string of the molecule is Clc1cccc(-c2cnc3[nH]ncc3n2)c1. The molecule has 0 saturated carbocycles. The van der Waals surface area contributed by atoms with Crippen molar-refractivity contribution in [3.05, 3.63) is 41.7 Å². The first-order valence-electron chi connectivity index (χ1n) is 4.75. The van der Waals surface area contributed by atoms with Crippen molar-refractivity contribution in [3.8, 4) is 11.3 Å². The monoisotopic (exact) mass is 230 g/mol. The molecule has 0 aliphatic rings. The van der Waals surface area contributed by atoms with Crippen molar-refractivity contribution in [1.29, 1.82) is 0 Å². The predicted molar refractivity (Wildman–Crippen MR) is 62.1 cm³/mol. The van der Waals surface area contributed by atoms with Crippen LogP contribution in [0.5, 0.6) is 0 Å². The number of halogens is 1. The van der Waals surface area contributed by atoms with E-state index in [9.17, 15) is 0 Å². The van der Waals surface area contributed by atoms with E-state index in [0.717, 1.165) is 16.8 Å². The van der Waals surface area contributed by atoms with E-state index in [2.05, 4.69) is 20.2 Å². The topological polar surface area (TPSA) is 54.5 Å². The van der Waals surface area contributed by atoms with Gasteiger partial charge in [0.2, 0.25) is 0 Å². The summed E-state index contributed by atoms with van der Waals surface area (Å²) < 4.78 is 0. The molecule has 0 spiro atoms. The van der Waals surface area contributed by atoms with Gasteiger partial charge < -0.3 is 0 Å². The first-order valence-corrected chi connectivity index (χ1v) is 5.13. The number of nitrogens with one attached hydrogen (secondary N) is 1. The Kier molecular flexibility index (Phi) is 2.08. The number of aromatic amines is 1. The van der Waals surface area contributed by atoms with Gasteiger partial charge in [0.1, 0.15) is 5.52 Å². The fourth-order valence-corrected chi connectivity index (χ4v) is 1.71. The maximum absolute atomic E-state index is 5.93. The molecule has 16 heavy (non-hydrogen) atoms. The second-order valence-corrected chi connectivity index (χ2v) is 3.81. The summed E-state index contributed by atoms with van der Waals surface area (Å²) in [5.74, 6) is 0. The average Bonchev–Trinajstić information content (AvgIpc) is 2.75. The number of rotatable bonds is 1. The molecule has 2 aromatic heterocycles. The molecule has 0 aliphatic carbocycles. The number of hydrogen-bond acceptors (Lipinski definition) is 3. The Balaban J connectivity index is 2.18. The lowest BCUT2D eigenvalue weighted by Gasteiger charge is -2.00. The molecule has 4 nitrogen and oxygen atoms in total. The van der Waals surface area contributed by atoms with Crippen LogP contribution >= 0.6 is 11.6 Å². The molecule has 0 amide bonds. The van der Waals surface area contributed by atoms with Gasteiger partial charge in [-0.3, -0.25) is 5.10 Å². The molecule has 0 saturated heterocycles. The highest BCUT2D eigenvalue weighted by Gasteiger charge is 2.03. The lowest BCUT2D eigenvalue weighted by atomic mass is 10.2. The molecule has 1 N–H and O–H groups in total. The van der Waals surface area contributed by atoms with Gasteiger partial charge in [0.15, 0.2) is 5.65 Å². The average molecular weight is 231 g/mol. The highest BCUT2D eigenvalue weighted by molar-refractivity contribution is 6.30. The van der Waals surface area contributed by atoms with Gasteiger partial charge in [0.25, 0.3) is 0 Å². The minimum Gasteiger partial charge on any atom is -0.259 e. The van der Waals surface area contributed by atoms with Gasteiger partial charge in [0, 0.05) is 10.6 Å². The molecular formula is C11H7ClN4. The zero-order valence-corrected chi connectivity index (χ0v) is 8.94. The molecular weight excluding hydrogens is 224 g/mol. The van der Waals surface area contributed by atoms with E-state index in [-0.39, 0.29) is 0 Å². The summed E-state index contributed by atoms with van der Waals surface area (Å²) in [6, 6.07) is 7.52. The molecule has 1 aromatic carbocycles. The van der Waals surface area contributed by atoms with Crippen LogP contribution in [-0.4, -0.2) is 20.2 Å². The number of H-pyrrole nitrogens is 1. The van der Waals surface area contributed by atoms with E-state index in [1.807, 2.05) is 24.3 Å². The molecule has 3 rings (SSSR count). The summed E-state index contributed by atoms with van der Waals surface area (Å²) in [7, 11) is 0. The number of fused-ring (bicyclic) bond motifs is 1. The van der Waals surface area contributed by atoms with Crippen LogP contribution in [0.4, 0.5) is 0 Å². The molecule has 2 heterocycles. The van der Waals surface area contributed by atoms with Crippen molar-refractivity contribution in [2.24, 2.45) is 0 Å². The number of benzene rings is 1. The maximum Gasteiger partial charge on any atom is 0.174 e. The van der Waals surface area contributed by atoms with Crippen LogP contribution in [0.2, 0.25) is 5.02 Å². The van der Waals surface area contributed by atoms with E-state index in [0.29, 0.717) is 10.7 Å².